The minimum atomic E-state index is -3.92. The fourth-order valence-corrected chi connectivity index (χ4v) is 3.39. The van der Waals surface area contributed by atoms with E-state index >= 15 is 0 Å². The number of primary sulfonamides is 1. The van der Waals surface area contributed by atoms with Crippen molar-refractivity contribution < 1.29 is 18.3 Å². The maximum atomic E-state index is 12.4. The van der Waals surface area contributed by atoms with Crippen LogP contribution < -0.4 is 16.2 Å². The molecule has 0 radical (unpaired) electrons. The number of hydrogen-bond acceptors (Lipinski definition) is 6. The van der Waals surface area contributed by atoms with E-state index in [2.05, 4.69) is 5.32 Å². The Kier molecular flexibility index (Phi) is 5.97. The first-order valence-electron chi connectivity index (χ1n) is 8.82. The lowest BCUT2D eigenvalue weighted by molar-refractivity contribution is -0.124. The van der Waals surface area contributed by atoms with Crippen molar-refractivity contribution >= 4 is 33.0 Å². The second-order valence-corrected chi connectivity index (χ2v) is 8.11. The molecule has 0 aliphatic heterocycles. The first kappa shape index (κ1) is 21.2. The molecule has 0 bridgehead atoms. The summed E-state index contributed by atoms with van der Waals surface area (Å²) < 4.78 is 23.2. The second kappa shape index (κ2) is 8.46. The number of carbonyl (C=O) groups is 1. The Labute approximate surface area is 173 Å². The van der Waals surface area contributed by atoms with Crippen molar-refractivity contribution in [2.75, 3.05) is 11.1 Å². The summed E-state index contributed by atoms with van der Waals surface area (Å²) >= 11 is 0. The zero-order valence-electron chi connectivity index (χ0n) is 15.7. The van der Waals surface area contributed by atoms with Crippen LogP contribution in [-0.2, 0) is 14.8 Å². The number of anilines is 2. The second-order valence-electron chi connectivity index (χ2n) is 6.55. The number of nitrogens with one attached hydrogen (secondary N) is 2. The summed E-state index contributed by atoms with van der Waals surface area (Å²) in [5.74, 6) is -0.639. The number of aliphatic hydroxyl groups excluding tert-OH is 1. The minimum Gasteiger partial charge on any atom is -0.398 e. The summed E-state index contributed by atoms with van der Waals surface area (Å²) in [6, 6.07) is 18.6. The average Bonchev–Trinajstić information content (AvgIpc) is 2.74. The summed E-state index contributed by atoms with van der Waals surface area (Å²) in [7, 11) is -3.92. The number of sulfonamides is 1. The Morgan fingerprint density at radius 1 is 1.00 bits per heavy atom. The summed E-state index contributed by atoms with van der Waals surface area (Å²) in [6.07, 6.45) is -1.36. The highest BCUT2D eigenvalue weighted by Crippen LogP contribution is 2.23. The van der Waals surface area contributed by atoms with Gasteiger partial charge >= 0.3 is 0 Å². The predicted octanol–water partition coefficient (Wildman–Crippen LogP) is 2.00. The van der Waals surface area contributed by atoms with Crippen LogP contribution in [0.1, 0.15) is 22.8 Å². The molecule has 7 N–H and O–H groups in total. The molecule has 0 saturated carbocycles. The zero-order chi connectivity index (χ0) is 21.9. The Morgan fingerprint density at radius 3 is 2.37 bits per heavy atom. The molecule has 1 unspecified atom stereocenters. The average molecular weight is 424 g/mol. The van der Waals surface area contributed by atoms with Crippen LogP contribution in [0, 0.1) is 5.41 Å². The Bertz CT molecular complexity index is 1210. The highest BCUT2D eigenvalue weighted by molar-refractivity contribution is 7.89. The van der Waals surface area contributed by atoms with Gasteiger partial charge in [0.25, 0.3) is 5.91 Å². The fraction of sp³-hybridized carbons (Fsp3) is 0.0476. The Balaban J connectivity index is 1.87. The molecule has 0 fully saturated rings. The minimum absolute atomic E-state index is 0.0438. The van der Waals surface area contributed by atoms with E-state index in [-0.39, 0.29) is 21.9 Å². The van der Waals surface area contributed by atoms with Crippen LogP contribution in [0.4, 0.5) is 11.4 Å². The van der Waals surface area contributed by atoms with Crippen LogP contribution in [0.15, 0.2) is 77.7 Å². The molecule has 0 aliphatic rings. The molecule has 3 aromatic rings. The fourth-order valence-electron chi connectivity index (χ4n) is 2.83. The van der Waals surface area contributed by atoms with Crippen molar-refractivity contribution in [2.24, 2.45) is 5.14 Å². The Morgan fingerprint density at radius 2 is 1.70 bits per heavy atom. The maximum Gasteiger partial charge on any atom is 0.257 e. The number of carbonyl (C=O) groups excluding carboxylic acids is 1. The molecule has 3 aromatic carbocycles. The van der Waals surface area contributed by atoms with Gasteiger partial charge in [-0.1, -0.05) is 42.5 Å². The molecule has 1 amide bonds. The van der Waals surface area contributed by atoms with Crippen LogP contribution in [0.25, 0.3) is 0 Å². The van der Waals surface area contributed by atoms with E-state index in [1.807, 2.05) is 0 Å². The number of amides is 1. The lowest BCUT2D eigenvalue weighted by Crippen LogP contribution is -2.21. The molecule has 1 atom stereocenters. The molecular formula is C21H20N4O4S. The van der Waals surface area contributed by atoms with Gasteiger partial charge in [0.1, 0.15) is 0 Å². The number of aliphatic hydroxyl groups is 1. The van der Waals surface area contributed by atoms with Gasteiger partial charge in [0.15, 0.2) is 6.10 Å². The standard InChI is InChI=1S/C21H20N4O4S/c22-18-10-9-15(25-21(27)20(26)13-5-2-1-3-6-13)12-17(18)19(23)14-7-4-8-16(11-14)30(24,28)29/h1-12,20,23,26H,22H2,(H,25,27)(H2,24,28,29). The van der Waals surface area contributed by atoms with Gasteiger partial charge in [0.05, 0.1) is 10.6 Å². The van der Waals surface area contributed by atoms with Crippen molar-refractivity contribution in [3.63, 3.8) is 0 Å². The third-order valence-electron chi connectivity index (χ3n) is 4.41. The van der Waals surface area contributed by atoms with Crippen LogP contribution >= 0.6 is 0 Å². The molecule has 0 aliphatic carbocycles. The highest BCUT2D eigenvalue weighted by atomic mass is 32.2. The third-order valence-corrected chi connectivity index (χ3v) is 5.32. The molecule has 30 heavy (non-hydrogen) atoms. The van der Waals surface area contributed by atoms with Gasteiger partial charge in [-0.05, 0) is 35.9 Å². The molecule has 9 heteroatoms. The van der Waals surface area contributed by atoms with Crippen molar-refractivity contribution in [3.05, 3.63) is 89.5 Å². The van der Waals surface area contributed by atoms with Gasteiger partial charge in [-0.25, -0.2) is 13.6 Å². The van der Waals surface area contributed by atoms with Crippen molar-refractivity contribution in [3.8, 4) is 0 Å². The number of nitrogen functional groups attached to an aromatic ring is 1. The van der Waals surface area contributed by atoms with Crippen molar-refractivity contribution in [2.45, 2.75) is 11.0 Å². The monoisotopic (exact) mass is 424 g/mol. The maximum absolute atomic E-state index is 12.4. The predicted molar refractivity (Wildman–Crippen MR) is 115 cm³/mol. The van der Waals surface area contributed by atoms with E-state index in [0.29, 0.717) is 16.8 Å². The molecule has 154 valence electrons. The van der Waals surface area contributed by atoms with Gasteiger partial charge in [-0.15, -0.1) is 0 Å². The first-order chi connectivity index (χ1) is 14.2. The number of rotatable bonds is 6. The van der Waals surface area contributed by atoms with E-state index in [1.165, 1.54) is 30.3 Å². The van der Waals surface area contributed by atoms with Gasteiger partial charge in [-0.3, -0.25) is 10.2 Å². The lowest BCUT2D eigenvalue weighted by atomic mass is 10.00. The highest BCUT2D eigenvalue weighted by Gasteiger charge is 2.18. The lowest BCUT2D eigenvalue weighted by Gasteiger charge is -2.14. The molecule has 0 saturated heterocycles. The van der Waals surface area contributed by atoms with E-state index in [0.717, 1.165) is 0 Å². The number of hydrogen-bond donors (Lipinski definition) is 5. The molecule has 0 spiro atoms. The van der Waals surface area contributed by atoms with Gasteiger partial charge in [-0.2, -0.15) is 0 Å². The zero-order valence-corrected chi connectivity index (χ0v) is 16.6. The SMILES string of the molecule is N=C(c1cccc(S(N)(=O)=O)c1)c1cc(NC(=O)C(O)c2ccccc2)ccc1N. The summed E-state index contributed by atoms with van der Waals surface area (Å²) in [6.45, 7) is 0. The third kappa shape index (κ3) is 4.71. The van der Waals surface area contributed by atoms with E-state index in [9.17, 15) is 18.3 Å². The molecule has 3 rings (SSSR count). The smallest absolute Gasteiger partial charge is 0.257 e. The molecule has 0 aromatic heterocycles. The number of benzene rings is 3. The summed E-state index contributed by atoms with van der Waals surface area (Å²) in [5, 5.41) is 26.4. The van der Waals surface area contributed by atoms with Crippen LogP contribution in [0.3, 0.4) is 0 Å². The molecule has 8 nitrogen and oxygen atoms in total. The molecular weight excluding hydrogens is 404 g/mol. The Hall–Kier alpha value is -3.53. The van der Waals surface area contributed by atoms with Crippen molar-refractivity contribution in [1.29, 1.82) is 5.41 Å². The van der Waals surface area contributed by atoms with Crippen molar-refractivity contribution in [1.82, 2.24) is 0 Å². The molecule has 0 heterocycles. The number of nitrogens with two attached hydrogens (primary N) is 2. The van der Waals surface area contributed by atoms with Crippen LogP contribution in [0.2, 0.25) is 0 Å². The summed E-state index contributed by atoms with van der Waals surface area (Å²) in [4.78, 5) is 12.3. The van der Waals surface area contributed by atoms with E-state index < -0.39 is 22.0 Å². The van der Waals surface area contributed by atoms with Gasteiger partial charge in [0, 0.05) is 22.5 Å². The van der Waals surface area contributed by atoms with Crippen LogP contribution in [0.5, 0.6) is 0 Å². The van der Waals surface area contributed by atoms with Gasteiger partial charge in [0.2, 0.25) is 10.0 Å². The first-order valence-corrected chi connectivity index (χ1v) is 10.4. The summed E-state index contributed by atoms with van der Waals surface area (Å²) in [5.41, 5.74) is 7.56. The van der Waals surface area contributed by atoms with Crippen LogP contribution in [-0.4, -0.2) is 25.1 Å². The van der Waals surface area contributed by atoms with Gasteiger partial charge < -0.3 is 16.2 Å². The normalized spacial score (nSPS) is 12.2. The quantitative estimate of drug-likeness (QED) is 0.302. The topological polar surface area (TPSA) is 159 Å². The van der Waals surface area contributed by atoms with E-state index in [4.69, 9.17) is 16.3 Å². The van der Waals surface area contributed by atoms with E-state index in [1.54, 1.807) is 42.5 Å². The largest absolute Gasteiger partial charge is 0.398 e.